The molecule has 2 aliphatic rings. The van der Waals surface area contributed by atoms with E-state index in [1.807, 2.05) is 29.2 Å². The molecule has 1 aromatic rings. The number of hydrogen-bond donors (Lipinski definition) is 0. The first kappa shape index (κ1) is 20.1. The van der Waals surface area contributed by atoms with Gasteiger partial charge in [-0.15, -0.1) is 0 Å². The van der Waals surface area contributed by atoms with Crippen LogP contribution in [-0.2, 0) is 26.0 Å². The molecular weight excluding hydrogens is 368 g/mol. The quantitative estimate of drug-likeness (QED) is 0.721. The number of sulfonamides is 1. The average molecular weight is 397 g/mol. The lowest BCUT2D eigenvalue weighted by Gasteiger charge is -2.35. The van der Waals surface area contributed by atoms with Crippen molar-refractivity contribution >= 4 is 15.9 Å². The first-order chi connectivity index (χ1) is 13.0. The fourth-order valence-corrected chi connectivity index (χ4v) is 5.15. The molecule has 7 nitrogen and oxygen atoms in total. The van der Waals surface area contributed by atoms with Crippen LogP contribution < -0.4 is 4.74 Å². The molecule has 8 heteroatoms. The van der Waals surface area contributed by atoms with E-state index in [4.69, 9.17) is 9.47 Å². The third-order valence-corrected chi connectivity index (χ3v) is 7.17. The Hall–Kier alpha value is -1.64. The van der Waals surface area contributed by atoms with Gasteiger partial charge >= 0.3 is 0 Å². The Morgan fingerprint density at radius 3 is 2.56 bits per heavy atom. The molecule has 1 amide bonds. The predicted molar refractivity (Wildman–Crippen MR) is 102 cm³/mol. The first-order valence-corrected chi connectivity index (χ1v) is 11.1. The van der Waals surface area contributed by atoms with Gasteiger partial charge in [-0.25, -0.2) is 12.7 Å². The molecule has 2 fully saturated rings. The summed E-state index contributed by atoms with van der Waals surface area (Å²) in [6.45, 7) is 3.28. The smallest absolute Gasteiger partial charge is 0.225 e. The fourth-order valence-electron chi connectivity index (χ4n) is 3.63. The zero-order valence-electron chi connectivity index (χ0n) is 15.8. The van der Waals surface area contributed by atoms with Gasteiger partial charge in [-0.05, 0) is 37.0 Å². The Morgan fingerprint density at radius 2 is 1.89 bits per heavy atom. The minimum Gasteiger partial charge on any atom is -0.497 e. The number of rotatable bonds is 6. The molecule has 2 saturated heterocycles. The molecule has 1 aromatic carbocycles. The number of carbonyl (C=O) groups is 1. The lowest BCUT2D eigenvalue weighted by molar-refractivity contribution is -0.140. The zero-order valence-corrected chi connectivity index (χ0v) is 16.6. The van der Waals surface area contributed by atoms with Gasteiger partial charge in [-0.3, -0.25) is 4.79 Å². The van der Waals surface area contributed by atoms with Crippen LogP contribution in [0.4, 0.5) is 0 Å². The molecule has 0 aromatic heterocycles. The Labute approximate surface area is 161 Å². The molecular formula is C19H28N2O5S. The number of nitrogens with zero attached hydrogens (tertiary/aromatic N) is 2. The van der Waals surface area contributed by atoms with Crippen LogP contribution in [0.3, 0.4) is 0 Å². The largest absolute Gasteiger partial charge is 0.497 e. The van der Waals surface area contributed by atoms with Crippen molar-refractivity contribution in [2.45, 2.75) is 19.3 Å². The summed E-state index contributed by atoms with van der Waals surface area (Å²) in [7, 11) is -1.73. The van der Waals surface area contributed by atoms with Crippen LogP contribution >= 0.6 is 0 Å². The van der Waals surface area contributed by atoms with E-state index in [1.165, 1.54) is 4.31 Å². The van der Waals surface area contributed by atoms with E-state index >= 15 is 0 Å². The van der Waals surface area contributed by atoms with Gasteiger partial charge in [0.15, 0.2) is 0 Å². The molecule has 0 N–H and O–H groups in total. The van der Waals surface area contributed by atoms with Crippen molar-refractivity contribution in [3.63, 3.8) is 0 Å². The predicted octanol–water partition coefficient (Wildman–Crippen LogP) is 1.14. The van der Waals surface area contributed by atoms with Crippen molar-refractivity contribution in [3.05, 3.63) is 29.8 Å². The lowest BCUT2D eigenvalue weighted by atomic mass is 9.96. The van der Waals surface area contributed by atoms with Crippen molar-refractivity contribution in [1.29, 1.82) is 0 Å². The second-order valence-electron chi connectivity index (χ2n) is 7.03. The van der Waals surface area contributed by atoms with Gasteiger partial charge in [0.05, 0.1) is 26.1 Å². The van der Waals surface area contributed by atoms with Crippen LogP contribution in [0.15, 0.2) is 24.3 Å². The summed E-state index contributed by atoms with van der Waals surface area (Å²) in [4.78, 5) is 14.4. The maximum atomic E-state index is 12.7. The van der Waals surface area contributed by atoms with Crippen LogP contribution in [0.1, 0.15) is 18.4 Å². The molecule has 0 aliphatic carbocycles. The van der Waals surface area contributed by atoms with E-state index in [9.17, 15) is 13.2 Å². The zero-order chi connectivity index (χ0) is 19.3. The number of benzene rings is 1. The van der Waals surface area contributed by atoms with Gasteiger partial charge in [0.2, 0.25) is 15.9 Å². The monoisotopic (exact) mass is 396 g/mol. The van der Waals surface area contributed by atoms with Crippen LogP contribution in [0.25, 0.3) is 0 Å². The second kappa shape index (κ2) is 9.03. The van der Waals surface area contributed by atoms with Gasteiger partial charge in [0.25, 0.3) is 0 Å². The van der Waals surface area contributed by atoms with Crippen molar-refractivity contribution in [2.24, 2.45) is 5.92 Å². The highest BCUT2D eigenvalue weighted by molar-refractivity contribution is 7.89. The van der Waals surface area contributed by atoms with Crippen molar-refractivity contribution in [3.8, 4) is 5.75 Å². The molecule has 2 aliphatic heterocycles. The summed E-state index contributed by atoms with van der Waals surface area (Å²) in [5.41, 5.74) is 0.940. The number of methoxy groups -OCH3 is 1. The third kappa shape index (κ3) is 5.21. The maximum absolute atomic E-state index is 12.7. The Bertz CT molecular complexity index is 738. The van der Waals surface area contributed by atoms with Crippen molar-refractivity contribution < 1.29 is 22.7 Å². The number of aryl methyl sites for hydroxylation is 1. The highest BCUT2D eigenvalue weighted by Crippen LogP contribution is 2.23. The molecule has 0 spiro atoms. The van der Waals surface area contributed by atoms with Crippen molar-refractivity contribution in [1.82, 2.24) is 9.21 Å². The second-order valence-corrected chi connectivity index (χ2v) is 9.12. The minimum absolute atomic E-state index is 0.0717. The number of morpholine rings is 1. The van der Waals surface area contributed by atoms with E-state index in [2.05, 4.69) is 0 Å². The summed E-state index contributed by atoms with van der Waals surface area (Å²) in [5.74, 6) is 0.870. The highest BCUT2D eigenvalue weighted by atomic mass is 32.2. The number of amides is 1. The summed E-state index contributed by atoms with van der Waals surface area (Å²) >= 11 is 0. The van der Waals surface area contributed by atoms with Gasteiger partial charge in [-0.2, -0.15) is 0 Å². The highest BCUT2D eigenvalue weighted by Gasteiger charge is 2.33. The van der Waals surface area contributed by atoms with E-state index < -0.39 is 10.0 Å². The molecule has 27 heavy (non-hydrogen) atoms. The summed E-state index contributed by atoms with van der Waals surface area (Å²) in [6.07, 6.45) is 1.63. The summed E-state index contributed by atoms with van der Waals surface area (Å²) in [6, 6.07) is 7.48. The molecule has 0 saturated carbocycles. The number of piperidine rings is 1. The number of ether oxygens (including phenoxy) is 2. The number of hydrogen-bond acceptors (Lipinski definition) is 5. The fraction of sp³-hybridized carbons (Fsp3) is 0.632. The third-order valence-electron chi connectivity index (χ3n) is 5.30. The van der Waals surface area contributed by atoms with Crippen molar-refractivity contribution in [2.75, 3.05) is 52.3 Å². The van der Waals surface area contributed by atoms with Crippen LogP contribution in [0.5, 0.6) is 5.75 Å². The van der Waals surface area contributed by atoms with Gasteiger partial charge in [0.1, 0.15) is 5.75 Å². The molecule has 0 atom stereocenters. The first-order valence-electron chi connectivity index (χ1n) is 9.47. The van der Waals surface area contributed by atoms with Gasteiger partial charge < -0.3 is 14.4 Å². The Morgan fingerprint density at radius 1 is 1.19 bits per heavy atom. The summed E-state index contributed by atoms with van der Waals surface area (Å²) in [5, 5.41) is 0. The van der Waals surface area contributed by atoms with E-state index in [0.717, 1.165) is 11.3 Å². The van der Waals surface area contributed by atoms with Gasteiger partial charge in [-0.1, -0.05) is 12.1 Å². The molecule has 3 rings (SSSR count). The lowest BCUT2D eigenvalue weighted by Crippen LogP contribution is -2.48. The minimum atomic E-state index is -3.33. The van der Waals surface area contributed by atoms with Crippen LogP contribution in [0, 0.1) is 5.92 Å². The molecule has 150 valence electrons. The standard InChI is InChI=1S/C19H28N2O5S/c1-25-18-4-2-3-16(15-18)7-14-27(23,24)21-8-5-17(6-9-21)19(22)20-10-12-26-13-11-20/h2-4,15,17H,5-14H2,1H3. The molecule has 0 unspecified atom stereocenters. The average Bonchev–Trinajstić information content (AvgIpc) is 2.73. The van der Waals surface area contributed by atoms with E-state index in [-0.39, 0.29) is 17.6 Å². The SMILES string of the molecule is COc1cccc(CCS(=O)(=O)N2CCC(C(=O)N3CCOCC3)CC2)c1. The Balaban J connectivity index is 1.50. The number of carbonyl (C=O) groups excluding carboxylic acids is 1. The summed E-state index contributed by atoms with van der Waals surface area (Å²) < 4.78 is 37.4. The van der Waals surface area contributed by atoms with E-state index in [1.54, 1.807) is 7.11 Å². The molecule has 0 radical (unpaired) electrons. The van der Waals surface area contributed by atoms with Crippen LogP contribution in [-0.4, -0.2) is 75.8 Å². The molecule has 2 heterocycles. The molecule has 0 bridgehead atoms. The maximum Gasteiger partial charge on any atom is 0.225 e. The Kier molecular flexibility index (Phi) is 6.73. The van der Waals surface area contributed by atoms with E-state index in [0.29, 0.717) is 58.7 Å². The topological polar surface area (TPSA) is 76.2 Å². The van der Waals surface area contributed by atoms with Gasteiger partial charge in [0, 0.05) is 32.1 Å². The normalized spacial score (nSPS) is 19.8. The van der Waals surface area contributed by atoms with Crippen LogP contribution in [0.2, 0.25) is 0 Å².